The van der Waals surface area contributed by atoms with Crippen molar-refractivity contribution < 1.29 is 19.1 Å². The lowest BCUT2D eigenvalue weighted by Gasteiger charge is -2.13. The lowest BCUT2D eigenvalue weighted by Crippen LogP contribution is -2.27. The van der Waals surface area contributed by atoms with Crippen LogP contribution in [0.2, 0.25) is 0 Å². The monoisotopic (exact) mass is 506 g/mol. The van der Waals surface area contributed by atoms with Gasteiger partial charge in [0.05, 0.1) is 31.6 Å². The first-order valence-corrected chi connectivity index (χ1v) is 12.2. The third kappa shape index (κ3) is 5.34. The number of esters is 1. The number of rotatable bonds is 9. The van der Waals surface area contributed by atoms with Gasteiger partial charge in [0.25, 0.3) is 5.56 Å². The van der Waals surface area contributed by atoms with E-state index in [0.29, 0.717) is 40.6 Å². The van der Waals surface area contributed by atoms with Crippen LogP contribution in [-0.2, 0) is 27.9 Å². The summed E-state index contributed by atoms with van der Waals surface area (Å²) in [6.45, 7) is 0.637. The molecule has 0 unspecified atom stereocenters. The molecule has 0 aliphatic rings. The number of carbonyl (C=O) groups excluding carboxylic acids is 2. The fraction of sp³-hybridized carbons (Fsp3) is 0.231. The molecule has 2 aromatic heterocycles. The number of carbonyl (C=O) groups is 2. The highest BCUT2D eigenvalue weighted by atomic mass is 32.2. The third-order valence-corrected chi connectivity index (χ3v) is 6.54. The summed E-state index contributed by atoms with van der Waals surface area (Å²) < 4.78 is 13.2. The summed E-state index contributed by atoms with van der Waals surface area (Å²) in [6.07, 6.45) is 1.90. The number of hydrogen-bond donors (Lipinski definition) is 1. The second-order valence-corrected chi connectivity index (χ2v) is 8.91. The predicted octanol–water partition coefficient (Wildman–Crippen LogP) is 3.57. The number of aryl methyl sites for hydroxylation is 1. The summed E-state index contributed by atoms with van der Waals surface area (Å²) in [5, 5.41) is 3.23. The highest BCUT2D eigenvalue weighted by Crippen LogP contribution is 2.29. The fourth-order valence-corrected chi connectivity index (χ4v) is 4.62. The summed E-state index contributed by atoms with van der Waals surface area (Å²) in [4.78, 5) is 42.5. The summed E-state index contributed by atoms with van der Waals surface area (Å²) in [5.41, 5.74) is 3.62. The van der Waals surface area contributed by atoms with Crippen LogP contribution in [0.1, 0.15) is 10.4 Å². The van der Waals surface area contributed by atoms with Gasteiger partial charge in [-0.15, -0.1) is 0 Å². The number of nitrogens with one attached hydrogen (secondary N) is 1. The molecule has 0 fully saturated rings. The van der Waals surface area contributed by atoms with Gasteiger partial charge in [-0.2, -0.15) is 0 Å². The van der Waals surface area contributed by atoms with Crippen molar-refractivity contribution in [1.82, 2.24) is 14.1 Å². The number of fused-ring (bicyclic) bond motifs is 1. The van der Waals surface area contributed by atoms with E-state index in [1.807, 2.05) is 43.6 Å². The SMILES string of the molecule is COCCn1c(SCC(=O)Nc2ccc(C(=O)OC)cc2)nc2c(-c3ccccc3)cn(C)c2c1=O. The minimum absolute atomic E-state index is 0.0389. The van der Waals surface area contributed by atoms with Gasteiger partial charge in [-0.1, -0.05) is 42.1 Å². The Kier molecular flexibility index (Phi) is 7.87. The normalized spacial score (nSPS) is 11.0. The Morgan fingerprint density at radius 1 is 1.06 bits per heavy atom. The molecule has 1 amide bonds. The molecule has 0 aliphatic carbocycles. The minimum Gasteiger partial charge on any atom is -0.465 e. The Morgan fingerprint density at radius 2 is 1.78 bits per heavy atom. The van der Waals surface area contributed by atoms with E-state index in [-0.39, 0.29) is 17.2 Å². The van der Waals surface area contributed by atoms with E-state index in [2.05, 4.69) is 10.1 Å². The number of ether oxygens (including phenoxy) is 2. The van der Waals surface area contributed by atoms with Gasteiger partial charge in [-0.05, 0) is 29.8 Å². The Balaban J connectivity index is 1.61. The molecular formula is C26H26N4O5S. The molecule has 0 radical (unpaired) electrons. The molecule has 1 N–H and O–H groups in total. The van der Waals surface area contributed by atoms with E-state index in [4.69, 9.17) is 9.72 Å². The van der Waals surface area contributed by atoms with E-state index in [1.165, 1.54) is 18.9 Å². The maximum Gasteiger partial charge on any atom is 0.337 e. The van der Waals surface area contributed by atoms with E-state index < -0.39 is 5.97 Å². The first-order chi connectivity index (χ1) is 17.4. The molecule has 36 heavy (non-hydrogen) atoms. The first-order valence-electron chi connectivity index (χ1n) is 11.2. The molecule has 2 aromatic carbocycles. The number of aromatic nitrogens is 3. The summed E-state index contributed by atoms with van der Waals surface area (Å²) >= 11 is 1.18. The Bertz CT molecular complexity index is 1450. The average Bonchev–Trinajstić information content (AvgIpc) is 3.23. The fourth-order valence-electron chi connectivity index (χ4n) is 3.80. The van der Waals surface area contributed by atoms with Crippen LogP contribution in [-0.4, -0.2) is 52.6 Å². The van der Waals surface area contributed by atoms with Gasteiger partial charge in [0.15, 0.2) is 5.16 Å². The lowest BCUT2D eigenvalue weighted by atomic mass is 10.1. The number of nitrogens with zero attached hydrogens (tertiary/aromatic N) is 3. The van der Waals surface area contributed by atoms with Crippen molar-refractivity contribution in [3.63, 3.8) is 0 Å². The maximum atomic E-state index is 13.5. The average molecular weight is 507 g/mol. The van der Waals surface area contributed by atoms with Crippen LogP contribution < -0.4 is 10.9 Å². The van der Waals surface area contributed by atoms with Crippen LogP contribution in [0.25, 0.3) is 22.2 Å². The van der Waals surface area contributed by atoms with Crippen LogP contribution in [0.15, 0.2) is 70.7 Å². The van der Waals surface area contributed by atoms with Crippen molar-refractivity contribution in [2.75, 3.05) is 31.9 Å². The zero-order valence-corrected chi connectivity index (χ0v) is 21.0. The molecule has 9 nitrogen and oxygen atoms in total. The van der Waals surface area contributed by atoms with Gasteiger partial charge in [0, 0.05) is 31.6 Å². The molecule has 186 valence electrons. The maximum absolute atomic E-state index is 13.5. The topological polar surface area (TPSA) is 104 Å². The van der Waals surface area contributed by atoms with Crippen molar-refractivity contribution in [2.45, 2.75) is 11.7 Å². The molecule has 0 saturated carbocycles. The molecule has 2 heterocycles. The van der Waals surface area contributed by atoms with E-state index in [0.717, 1.165) is 11.1 Å². The van der Waals surface area contributed by atoms with Gasteiger partial charge in [0.2, 0.25) is 5.91 Å². The minimum atomic E-state index is -0.449. The molecule has 0 atom stereocenters. The Hall–Kier alpha value is -3.89. The summed E-state index contributed by atoms with van der Waals surface area (Å²) in [5.74, 6) is -0.679. The lowest BCUT2D eigenvalue weighted by molar-refractivity contribution is -0.113. The van der Waals surface area contributed by atoms with Crippen LogP contribution in [0, 0.1) is 0 Å². The zero-order valence-electron chi connectivity index (χ0n) is 20.2. The molecule has 0 aliphatic heterocycles. The Labute approximate surface area is 212 Å². The number of thioether (sulfide) groups is 1. The van der Waals surface area contributed by atoms with Gasteiger partial charge in [-0.3, -0.25) is 14.2 Å². The van der Waals surface area contributed by atoms with Gasteiger partial charge >= 0.3 is 5.97 Å². The highest BCUT2D eigenvalue weighted by molar-refractivity contribution is 7.99. The number of amides is 1. The van der Waals surface area contributed by atoms with Gasteiger partial charge < -0.3 is 19.4 Å². The van der Waals surface area contributed by atoms with Gasteiger partial charge in [-0.25, -0.2) is 9.78 Å². The van der Waals surface area contributed by atoms with Crippen molar-refractivity contribution in [3.05, 3.63) is 76.7 Å². The largest absolute Gasteiger partial charge is 0.465 e. The van der Waals surface area contributed by atoms with Crippen molar-refractivity contribution >= 4 is 40.4 Å². The molecular weight excluding hydrogens is 480 g/mol. The van der Waals surface area contributed by atoms with Crippen molar-refractivity contribution in [1.29, 1.82) is 0 Å². The quantitative estimate of drug-likeness (QED) is 0.210. The highest BCUT2D eigenvalue weighted by Gasteiger charge is 2.19. The molecule has 10 heteroatoms. The molecule has 0 bridgehead atoms. The van der Waals surface area contributed by atoms with Crippen molar-refractivity contribution in [2.24, 2.45) is 7.05 Å². The van der Waals surface area contributed by atoms with Crippen molar-refractivity contribution in [3.8, 4) is 11.1 Å². The smallest absolute Gasteiger partial charge is 0.337 e. The molecule has 4 aromatic rings. The predicted molar refractivity (Wildman–Crippen MR) is 139 cm³/mol. The van der Waals surface area contributed by atoms with E-state index in [1.54, 1.807) is 40.5 Å². The summed E-state index contributed by atoms with van der Waals surface area (Å²) in [7, 11) is 4.70. The molecule has 0 spiro atoms. The van der Waals surface area contributed by atoms with E-state index in [9.17, 15) is 14.4 Å². The first kappa shape index (κ1) is 25.2. The van der Waals surface area contributed by atoms with Gasteiger partial charge in [0.1, 0.15) is 11.0 Å². The molecule has 0 saturated heterocycles. The Morgan fingerprint density at radius 3 is 2.44 bits per heavy atom. The standard InChI is InChI=1S/C26H26N4O5S/c1-29-15-20(17-7-5-4-6-8-17)22-23(29)24(32)30(13-14-34-2)26(28-22)36-16-21(31)27-19-11-9-18(10-12-19)25(33)35-3/h4-12,15H,13-14,16H2,1-3H3,(H,27,31). The van der Waals surface area contributed by atoms with Crippen LogP contribution in [0.3, 0.4) is 0 Å². The number of anilines is 1. The number of methoxy groups -OCH3 is 2. The second-order valence-electron chi connectivity index (χ2n) is 7.97. The van der Waals surface area contributed by atoms with E-state index >= 15 is 0 Å². The second kappa shape index (κ2) is 11.2. The third-order valence-electron chi connectivity index (χ3n) is 5.57. The van der Waals surface area contributed by atoms with Crippen LogP contribution in [0.4, 0.5) is 5.69 Å². The number of hydrogen-bond acceptors (Lipinski definition) is 7. The molecule has 4 rings (SSSR count). The zero-order chi connectivity index (χ0) is 25.7. The number of benzene rings is 2. The van der Waals surface area contributed by atoms with Crippen LogP contribution >= 0.6 is 11.8 Å². The van der Waals surface area contributed by atoms with Crippen LogP contribution in [0.5, 0.6) is 0 Å². The summed E-state index contributed by atoms with van der Waals surface area (Å²) in [6, 6.07) is 16.2.